The maximum Gasteiger partial charge on any atom is 0.0701 e. The molecule has 0 aromatic rings. The first-order valence-electron chi connectivity index (χ1n) is 6.70. The number of nitrogens with one attached hydrogen (secondary N) is 2. The van der Waals surface area contributed by atoms with Crippen LogP contribution in [-0.4, -0.2) is 52.6 Å². The van der Waals surface area contributed by atoms with Crippen LogP contribution in [0.4, 0.5) is 0 Å². The monoisotopic (exact) mass is 256 g/mol. The van der Waals surface area contributed by atoms with Crippen molar-refractivity contribution in [2.24, 2.45) is 0 Å². The molecule has 0 heterocycles. The van der Waals surface area contributed by atoms with Crippen LogP contribution < -0.4 is 10.6 Å². The van der Waals surface area contributed by atoms with E-state index in [-0.39, 0.29) is 0 Å². The highest BCUT2D eigenvalue weighted by atomic mass is 16.5. The summed E-state index contributed by atoms with van der Waals surface area (Å²) >= 11 is 0. The van der Waals surface area contributed by atoms with Crippen molar-refractivity contribution >= 4 is 0 Å². The Balaban J connectivity index is 2.92. The minimum atomic E-state index is 0.665. The van der Waals surface area contributed by atoms with Crippen molar-refractivity contribution in [3.8, 4) is 0 Å². The highest BCUT2D eigenvalue weighted by Crippen LogP contribution is 1.79. The SMILES string of the molecule is C=CCCNCCOCCOCCNCC=CC. The molecular weight excluding hydrogens is 228 g/mol. The smallest absolute Gasteiger partial charge is 0.0701 e. The van der Waals surface area contributed by atoms with Gasteiger partial charge < -0.3 is 20.1 Å². The molecule has 0 aromatic heterocycles. The van der Waals surface area contributed by atoms with Crippen LogP contribution in [0.2, 0.25) is 0 Å². The average Bonchev–Trinajstić information content (AvgIpc) is 2.39. The maximum absolute atomic E-state index is 5.41. The van der Waals surface area contributed by atoms with Crippen LogP contribution in [0.15, 0.2) is 24.8 Å². The van der Waals surface area contributed by atoms with Gasteiger partial charge in [0.1, 0.15) is 0 Å². The molecule has 0 rings (SSSR count). The van der Waals surface area contributed by atoms with E-state index in [0.717, 1.165) is 45.8 Å². The first-order chi connectivity index (χ1) is 8.91. The van der Waals surface area contributed by atoms with E-state index >= 15 is 0 Å². The summed E-state index contributed by atoms with van der Waals surface area (Å²) in [6.45, 7) is 12.1. The minimum Gasteiger partial charge on any atom is -0.378 e. The van der Waals surface area contributed by atoms with Crippen molar-refractivity contribution in [1.29, 1.82) is 0 Å². The fraction of sp³-hybridized carbons (Fsp3) is 0.714. The van der Waals surface area contributed by atoms with Crippen LogP contribution in [0.3, 0.4) is 0 Å². The molecule has 0 amide bonds. The van der Waals surface area contributed by atoms with Gasteiger partial charge in [0.05, 0.1) is 26.4 Å². The summed E-state index contributed by atoms with van der Waals surface area (Å²) in [7, 11) is 0. The van der Waals surface area contributed by atoms with E-state index in [1.165, 1.54) is 0 Å². The predicted octanol–water partition coefficient (Wildman–Crippen LogP) is 1.35. The Kier molecular flexibility index (Phi) is 15.7. The normalized spacial score (nSPS) is 11.2. The summed E-state index contributed by atoms with van der Waals surface area (Å²) in [6, 6.07) is 0. The molecule has 0 aliphatic heterocycles. The zero-order chi connectivity index (χ0) is 13.3. The molecule has 18 heavy (non-hydrogen) atoms. The van der Waals surface area contributed by atoms with Gasteiger partial charge in [0.15, 0.2) is 0 Å². The van der Waals surface area contributed by atoms with Gasteiger partial charge in [-0.1, -0.05) is 18.2 Å². The van der Waals surface area contributed by atoms with E-state index in [1.807, 2.05) is 19.1 Å². The summed E-state index contributed by atoms with van der Waals surface area (Å²) in [4.78, 5) is 0. The quantitative estimate of drug-likeness (QED) is 0.364. The zero-order valence-corrected chi connectivity index (χ0v) is 11.6. The first-order valence-corrected chi connectivity index (χ1v) is 6.70. The van der Waals surface area contributed by atoms with Gasteiger partial charge in [0, 0.05) is 19.6 Å². The Morgan fingerprint density at radius 3 is 2.22 bits per heavy atom. The Bertz CT molecular complexity index is 196. The summed E-state index contributed by atoms with van der Waals surface area (Å²) in [5, 5.41) is 6.51. The number of allylic oxidation sites excluding steroid dienone is 1. The number of rotatable bonds is 14. The second kappa shape index (κ2) is 16.3. The molecule has 0 saturated heterocycles. The van der Waals surface area contributed by atoms with Crippen LogP contribution >= 0.6 is 0 Å². The number of ether oxygens (including phenoxy) is 2. The van der Waals surface area contributed by atoms with Gasteiger partial charge in [-0.25, -0.2) is 0 Å². The largest absolute Gasteiger partial charge is 0.378 e. The number of hydrogen-bond acceptors (Lipinski definition) is 4. The Hall–Kier alpha value is -0.680. The molecular formula is C14H28N2O2. The Labute approximate surface area is 111 Å². The second-order valence-electron chi connectivity index (χ2n) is 3.83. The lowest BCUT2D eigenvalue weighted by atomic mass is 10.4. The molecule has 106 valence electrons. The predicted molar refractivity (Wildman–Crippen MR) is 77.0 cm³/mol. The lowest BCUT2D eigenvalue weighted by Gasteiger charge is -2.06. The molecule has 0 aliphatic rings. The highest BCUT2D eigenvalue weighted by molar-refractivity contribution is 4.78. The molecule has 2 N–H and O–H groups in total. The van der Waals surface area contributed by atoms with E-state index in [2.05, 4.69) is 23.3 Å². The van der Waals surface area contributed by atoms with Crippen molar-refractivity contribution in [2.75, 3.05) is 52.6 Å². The van der Waals surface area contributed by atoms with E-state index in [9.17, 15) is 0 Å². The average molecular weight is 256 g/mol. The van der Waals surface area contributed by atoms with E-state index in [1.54, 1.807) is 0 Å². The molecule has 0 unspecified atom stereocenters. The summed E-state index contributed by atoms with van der Waals surface area (Å²) in [5.74, 6) is 0. The molecule has 0 radical (unpaired) electrons. The highest BCUT2D eigenvalue weighted by Gasteiger charge is 1.90. The lowest BCUT2D eigenvalue weighted by Crippen LogP contribution is -2.22. The van der Waals surface area contributed by atoms with Crippen LogP contribution in [0.25, 0.3) is 0 Å². The van der Waals surface area contributed by atoms with E-state index in [4.69, 9.17) is 9.47 Å². The molecule has 0 atom stereocenters. The molecule has 0 spiro atoms. The molecule has 0 aromatic carbocycles. The minimum absolute atomic E-state index is 0.665. The topological polar surface area (TPSA) is 42.5 Å². The van der Waals surface area contributed by atoms with Crippen LogP contribution in [0, 0.1) is 0 Å². The summed E-state index contributed by atoms with van der Waals surface area (Å²) in [6.07, 6.45) is 7.03. The van der Waals surface area contributed by atoms with Crippen LogP contribution in [0.5, 0.6) is 0 Å². The van der Waals surface area contributed by atoms with Crippen molar-refractivity contribution < 1.29 is 9.47 Å². The standard InChI is InChI=1S/C14H28N2O2/c1-3-5-7-15-9-11-17-13-14-18-12-10-16-8-6-4-2/h3-4,6,15-16H,1,5,7-14H2,2H3. The van der Waals surface area contributed by atoms with Crippen molar-refractivity contribution in [3.05, 3.63) is 24.8 Å². The summed E-state index contributed by atoms with van der Waals surface area (Å²) in [5.41, 5.74) is 0. The van der Waals surface area contributed by atoms with Crippen LogP contribution in [0.1, 0.15) is 13.3 Å². The van der Waals surface area contributed by atoms with Gasteiger partial charge in [-0.3, -0.25) is 0 Å². The first kappa shape index (κ1) is 17.3. The molecule has 0 fully saturated rings. The second-order valence-corrected chi connectivity index (χ2v) is 3.83. The van der Waals surface area contributed by atoms with E-state index in [0.29, 0.717) is 13.2 Å². The molecule has 4 nitrogen and oxygen atoms in total. The molecule has 0 saturated carbocycles. The lowest BCUT2D eigenvalue weighted by molar-refractivity contribution is 0.0502. The molecule has 4 heteroatoms. The third-order valence-corrected chi connectivity index (χ3v) is 2.24. The van der Waals surface area contributed by atoms with E-state index < -0.39 is 0 Å². The van der Waals surface area contributed by atoms with Crippen molar-refractivity contribution in [1.82, 2.24) is 10.6 Å². The van der Waals surface area contributed by atoms with Crippen molar-refractivity contribution in [2.45, 2.75) is 13.3 Å². The summed E-state index contributed by atoms with van der Waals surface area (Å²) < 4.78 is 10.8. The van der Waals surface area contributed by atoms with Gasteiger partial charge in [-0.2, -0.15) is 0 Å². The fourth-order valence-electron chi connectivity index (χ4n) is 1.24. The molecule has 0 aliphatic carbocycles. The Morgan fingerprint density at radius 2 is 1.61 bits per heavy atom. The third-order valence-electron chi connectivity index (χ3n) is 2.24. The van der Waals surface area contributed by atoms with Crippen molar-refractivity contribution in [3.63, 3.8) is 0 Å². The van der Waals surface area contributed by atoms with Gasteiger partial charge in [-0.05, 0) is 19.9 Å². The third kappa shape index (κ3) is 15.3. The van der Waals surface area contributed by atoms with Gasteiger partial charge >= 0.3 is 0 Å². The fourth-order valence-corrected chi connectivity index (χ4v) is 1.24. The van der Waals surface area contributed by atoms with Crippen LogP contribution in [-0.2, 0) is 9.47 Å². The van der Waals surface area contributed by atoms with Gasteiger partial charge in [0.2, 0.25) is 0 Å². The molecule has 0 bridgehead atoms. The number of hydrogen-bond donors (Lipinski definition) is 2. The Morgan fingerprint density at radius 1 is 0.944 bits per heavy atom. The zero-order valence-electron chi connectivity index (χ0n) is 11.6. The maximum atomic E-state index is 5.41. The van der Waals surface area contributed by atoms with Gasteiger partial charge in [-0.15, -0.1) is 6.58 Å². The van der Waals surface area contributed by atoms with Gasteiger partial charge in [0.25, 0.3) is 0 Å².